The van der Waals surface area contributed by atoms with Crippen molar-refractivity contribution in [3.8, 4) is 11.4 Å². The fourth-order valence-electron chi connectivity index (χ4n) is 2.70. The number of pyridine rings is 1. The van der Waals surface area contributed by atoms with Gasteiger partial charge in [-0.3, -0.25) is 4.98 Å². The lowest BCUT2D eigenvalue weighted by Gasteiger charge is -2.02. The van der Waals surface area contributed by atoms with E-state index in [0.717, 1.165) is 26.8 Å². The van der Waals surface area contributed by atoms with E-state index in [1.807, 2.05) is 18.2 Å². The van der Waals surface area contributed by atoms with E-state index >= 15 is 0 Å². The number of aromatic nitrogens is 3. The fourth-order valence-corrected chi connectivity index (χ4v) is 2.96. The van der Waals surface area contributed by atoms with Crippen LogP contribution in [0.25, 0.3) is 22.4 Å². The van der Waals surface area contributed by atoms with Gasteiger partial charge in [0.15, 0.2) is 0 Å². The Morgan fingerprint density at radius 3 is 2.58 bits per heavy atom. The molecule has 0 bridgehead atoms. The van der Waals surface area contributed by atoms with Crippen LogP contribution in [0, 0.1) is 5.82 Å². The number of nitrogens with one attached hydrogen (secondary N) is 1. The molecule has 0 unspecified atom stereocenters. The largest absolute Gasteiger partial charge is 0.338 e. The number of rotatable bonds is 3. The first-order chi connectivity index (χ1) is 11.7. The van der Waals surface area contributed by atoms with Crippen molar-refractivity contribution in [2.45, 2.75) is 6.42 Å². The Bertz CT molecular complexity index is 1010. The van der Waals surface area contributed by atoms with E-state index in [1.54, 1.807) is 24.4 Å². The predicted molar refractivity (Wildman–Crippen MR) is 96.2 cm³/mol. The number of nitrogens with zero attached hydrogens (tertiary/aromatic N) is 2. The number of fused-ring (bicyclic) bond motifs is 1. The number of H-pyrrole nitrogens is 1. The third-order valence-corrected chi connectivity index (χ3v) is 4.42. The van der Waals surface area contributed by atoms with Crippen LogP contribution in [0.3, 0.4) is 0 Å². The molecule has 0 aliphatic rings. The molecule has 24 heavy (non-hydrogen) atoms. The second-order valence-electron chi connectivity index (χ2n) is 5.52. The van der Waals surface area contributed by atoms with E-state index in [9.17, 15) is 4.39 Å². The maximum Gasteiger partial charge on any atom is 0.141 e. The van der Waals surface area contributed by atoms with Gasteiger partial charge < -0.3 is 4.98 Å². The summed E-state index contributed by atoms with van der Waals surface area (Å²) in [5.41, 5.74) is 4.11. The van der Waals surface area contributed by atoms with Crippen LogP contribution in [0.4, 0.5) is 4.39 Å². The molecule has 0 saturated heterocycles. The van der Waals surface area contributed by atoms with Crippen molar-refractivity contribution < 1.29 is 4.39 Å². The minimum absolute atomic E-state index is 0.293. The normalized spacial score (nSPS) is 11.1. The molecular formula is C19H13BrFN3. The van der Waals surface area contributed by atoms with Gasteiger partial charge in [-0.1, -0.05) is 40.2 Å². The van der Waals surface area contributed by atoms with Crippen molar-refractivity contribution in [2.24, 2.45) is 0 Å². The highest BCUT2D eigenvalue weighted by Crippen LogP contribution is 2.25. The van der Waals surface area contributed by atoms with Crippen LogP contribution in [-0.4, -0.2) is 15.0 Å². The highest BCUT2D eigenvalue weighted by atomic mass is 79.9. The molecule has 2 aromatic carbocycles. The van der Waals surface area contributed by atoms with E-state index in [4.69, 9.17) is 0 Å². The van der Waals surface area contributed by atoms with Gasteiger partial charge in [0.25, 0.3) is 0 Å². The molecule has 5 heteroatoms. The quantitative estimate of drug-likeness (QED) is 0.535. The van der Waals surface area contributed by atoms with Gasteiger partial charge in [-0.2, -0.15) is 0 Å². The molecule has 0 aliphatic carbocycles. The van der Waals surface area contributed by atoms with Gasteiger partial charge in [0.2, 0.25) is 0 Å². The molecule has 4 rings (SSSR count). The number of imidazole rings is 1. The maximum atomic E-state index is 14.0. The van der Waals surface area contributed by atoms with Crippen LogP contribution in [-0.2, 0) is 6.42 Å². The molecule has 2 aromatic heterocycles. The summed E-state index contributed by atoms with van der Waals surface area (Å²) in [6.45, 7) is 0. The second kappa shape index (κ2) is 6.17. The Hall–Kier alpha value is -2.53. The average Bonchev–Trinajstić information content (AvgIpc) is 3.02. The van der Waals surface area contributed by atoms with E-state index in [2.05, 4.69) is 43.0 Å². The molecule has 0 radical (unpaired) electrons. The Labute approximate surface area is 146 Å². The van der Waals surface area contributed by atoms with Gasteiger partial charge in [0.1, 0.15) is 17.2 Å². The van der Waals surface area contributed by atoms with Gasteiger partial charge in [0, 0.05) is 17.1 Å². The van der Waals surface area contributed by atoms with Crippen molar-refractivity contribution in [2.75, 3.05) is 0 Å². The fraction of sp³-hybridized carbons (Fsp3) is 0.0526. The summed E-state index contributed by atoms with van der Waals surface area (Å²) in [4.78, 5) is 12.2. The molecule has 1 N–H and O–H groups in total. The Balaban J connectivity index is 1.77. The van der Waals surface area contributed by atoms with E-state index < -0.39 is 0 Å². The van der Waals surface area contributed by atoms with Gasteiger partial charge in [0.05, 0.1) is 16.8 Å². The van der Waals surface area contributed by atoms with Crippen LogP contribution < -0.4 is 0 Å². The lowest BCUT2D eigenvalue weighted by atomic mass is 10.1. The molecule has 3 nitrogen and oxygen atoms in total. The third kappa shape index (κ3) is 2.83. The van der Waals surface area contributed by atoms with E-state index in [1.165, 1.54) is 6.07 Å². The van der Waals surface area contributed by atoms with Crippen molar-refractivity contribution >= 4 is 27.0 Å². The van der Waals surface area contributed by atoms with Crippen molar-refractivity contribution in [1.29, 1.82) is 0 Å². The highest BCUT2D eigenvalue weighted by Gasteiger charge is 2.13. The molecule has 4 aromatic rings. The summed E-state index contributed by atoms with van der Waals surface area (Å²) in [6, 6.07) is 16.6. The third-order valence-electron chi connectivity index (χ3n) is 3.89. The summed E-state index contributed by atoms with van der Waals surface area (Å²) >= 11 is 3.44. The summed E-state index contributed by atoms with van der Waals surface area (Å²) in [5.74, 6) is 0.229. The average molecular weight is 382 g/mol. The first-order valence-corrected chi connectivity index (χ1v) is 8.33. The molecular weight excluding hydrogens is 369 g/mol. The minimum atomic E-state index is -0.293. The zero-order valence-electron chi connectivity index (χ0n) is 12.6. The van der Waals surface area contributed by atoms with Crippen molar-refractivity contribution in [3.05, 3.63) is 82.3 Å². The van der Waals surface area contributed by atoms with Crippen LogP contribution in [0.2, 0.25) is 0 Å². The number of halogens is 2. The topological polar surface area (TPSA) is 41.6 Å². The first kappa shape index (κ1) is 15.0. The highest BCUT2D eigenvalue weighted by molar-refractivity contribution is 9.10. The van der Waals surface area contributed by atoms with E-state index in [-0.39, 0.29) is 5.82 Å². The predicted octanol–water partition coefficient (Wildman–Crippen LogP) is 5.12. The summed E-state index contributed by atoms with van der Waals surface area (Å²) in [5, 5.41) is 0. The SMILES string of the molecule is Fc1ccccc1-c1nc2c(Cc3ccc(Br)cc3)nccc2[nH]1. The zero-order chi connectivity index (χ0) is 16.5. The molecule has 118 valence electrons. The van der Waals surface area contributed by atoms with Gasteiger partial charge in [-0.15, -0.1) is 0 Å². The molecule has 0 aliphatic heterocycles. The standard InChI is InChI=1S/C19H13BrFN3/c20-13-7-5-12(6-8-13)11-17-18-16(9-10-22-17)23-19(24-18)14-3-1-2-4-15(14)21/h1-10H,11H2,(H,23,24). The van der Waals surface area contributed by atoms with Crippen LogP contribution in [0.1, 0.15) is 11.3 Å². The summed E-state index contributed by atoms with van der Waals surface area (Å²) in [7, 11) is 0. The lowest BCUT2D eigenvalue weighted by Crippen LogP contribution is -1.93. The minimum Gasteiger partial charge on any atom is -0.338 e. The molecule has 0 fully saturated rings. The van der Waals surface area contributed by atoms with Gasteiger partial charge in [-0.05, 0) is 35.9 Å². The van der Waals surface area contributed by atoms with Gasteiger partial charge >= 0.3 is 0 Å². The summed E-state index contributed by atoms with van der Waals surface area (Å²) in [6.07, 6.45) is 2.42. The number of aromatic amines is 1. The Morgan fingerprint density at radius 1 is 1.00 bits per heavy atom. The number of benzene rings is 2. The van der Waals surface area contributed by atoms with Crippen LogP contribution in [0.5, 0.6) is 0 Å². The molecule has 2 heterocycles. The molecule has 0 saturated carbocycles. The smallest absolute Gasteiger partial charge is 0.141 e. The van der Waals surface area contributed by atoms with Crippen LogP contribution >= 0.6 is 15.9 Å². The van der Waals surface area contributed by atoms with Crippen LogP contribution in [0.15, 0.2) is 65.3 Å². The molecule has 0 atom stereocenters. The lowest BCUT2D eigenvalue weighted by molar-refractivity contribution is 0.630. The Morgan fingerprint density at radius 2 is 1.79 bits per heavy atom. The molecule has 0 amide bonds. The number of hydrogen-bond donors (Lipinski definition) is 1. The second-order valence-corrected chi connectivity index (χ2v) is 6.44. The van der Waals surface area contributed by atoms with Crippen molar-refractivity contribution in [1.82, 2.24) is 15.0 Å². The first-order valence-electron chi connectivity index (χ1n) is 7.53. The Kier molecular flexibility index (Phi) is 3.86. The maximum absolute atomic E-state index is 14.0. The van der Waals surface area contributed by atoms with Crippen molar-refractivity contribution in [3.63, 3.8) is 0 Å². The summed E-state index contributed by atoms with van der Waals surface area (Å²) < 4.78 is 15.0. The van der Waals surface area contributed by atoms with Gasteiger partial charge in [-0.25, -0.2) is 9.37 Å². The van der Waals surface area contributed by atoms with E-state index in [0.29, 0.717) is 17.8 Å². The zero-order valence-corrected chi connectivity index (χ0v) is 14.2. The number of hydrogen-bond acceptors (Lipinski definition) is 2. The monoisotopic (exact) mass is 381 g/mol. The molecule has 0 spiro atoms.